The minimum absolute atomic E-state index is 0.316. The van der Waals surface area contributed by atoms with E-state index in [0.29, 0.717) is 23.0 Å². The fraction of sp³-hybridized carbons (Fsp3) is 0.280. The van der Waals surface area contributed by atoms with E-state index in [2.05, 4.69) is 193 Å². The number of ether oxygens (including phenoxy) is 4. The zero-order valence-corrected chi connectivity index (χ0v) is 49.0. The molecule has 1 aliphatic carbocycles. The molecule has 0 N–H and O–H groups in total. The predicted molar refractivity (Wildman–Crippen MR) is 344 cm³/mol. The van der Waals surface area contributed by atoms with Gasteiger partial charge in [0.15, 0.2) is 23.0 Å². The molecule has 0 atom stereocenters. The highest BCUT2D eigenvalue weighted by atomic mass is 16.5. The Hall–Kier alpha value is -8.62. The van der Waals surface area contributed by atoms with E-state index in [4.69, 9.17) is 28.9 Å². The van der Waals surface area contributed by atoms with Crippen LogP contribution in [-0.2, 0) is 5.41 Å². The maximum Gasteiger partial charge on any atom is 0.162 e. The molecule has 0 radical (unpaired) electrons. The van der Waals surface area contributed by atoms with Crippen molar-refractivity contribution in [2.75, 3.05) is 28.4 Å². The summed E-state index contributed by atoms with van der Waals surface area (Å²) in [4.78, 5) is 11.7. The number of hydrogen-bond acceptors (Lipinski definition) is 6. The van der Waals surface area contributed by atoms with Crippen molar-refractivity contribution in [2.45, 2.75) is 109 Å². The fourth-order valence-corrected chi connectivity index (χ4v) is 14.0. The predicted octanol–water partition coefficient (Wildman–Crippen LogP) is 20.1. The van der Waals surface area contributed by atoms with Crippen molar-refractivity contribution >= 4 is 54.6 Å². The average Bonchev–Trinajstić information content (AvgIpc) is 3.42. The van der Waals surface area contributed by atoms with Crippen molar-refractivity contribution in [2.24, 2.45) is 0 Å². The molecule has 0 saturated carbocycles. The summed E-state index contributed by atoms with van der Waals surface area (Å²) in [5.41, 5.74) is 17.1. The van der Waals surface area contributed by atoms with E-state index in [1.54, 1.807) is 28.4 Å². The molecule has 0 unspecified atom stereocenters. The van der Waals surface area contributed by atoms with Gasteiger partial charge in [0, 0.05) is 61.3 Å². The van der Waals surface area contributed by atoms with Gasteiger partial charge in [0.1, 0.15) is 11.3 Å². The van der Waals surface area contributed by atoms with E-state index in [1.807, 2.05) is 0 Å². The molecule has 12 aromatic rings. The topological polar surface area (TPSA) is 71.5 Å². The van der Waals surface area contributed by atoms with E-state index < -0.39 is 0 Å². The molecule has 1 aliphatic rings. The van der Waals surface area contributed by atoms with Gasteiger partial charge >= 0.3 is 0 Å². The molecule has 8 nitrogen and oxygen atoms in total. The van der Waals surface area contributed by atoms with Crippen molar-refractivity contribution in [3.63, 3.8) is 0 Å². The summed E-state index contributed by atoms with van der Waals surface area (Å²) in [7, 11) is 6.92. The molecule has 0 bridgehead atoms. The van der Waals surface area contributed by atoms with Gasteiger partial charge < -0.3 is 18.9 Å². The van der Waals surface area contributed by atoms with E-state index >= 15 is 0 Å². The van der Waals surface area contributed by atoms with Gasteiger partial charge in [-0.3, -0.25) is 8.80 Å². The first-order valence-electron chi connectivity index (χ1n) is 30.3. The Morgan fingerprint density at radius 1 is 0.349 bits per heavy atom. The monoisotopic (exact) mass is 1090 g/mol. The first-order chi connectivity index (χ1) is 40.9. The van der Waals surface area contributed by atoms with Crippen LogP contribution in [0.5, 0.6) is 23.0 Å². The maximum atomic E-state index is 6.18. The highest BCUT2D eigenvalue weighted by Gasteiger charge is 2.44. The molecule has 4 aromatic heterocycles. The molecule has 0 amide bonds. The summed E-state index contributed by atoms with van der Waals surface area (Å²) in [6, 6.07) is 61.8. The number of aromatic nitrogens is 4. The summed E-state index contributed by atoms with van der Waals surface area (Å²) in [5, 5.41) is 6.62. The molecule has 0 saturated heterocycles. The Morgan fingerprint density at radius 3 is 1.05 bits per heavy atom. The molecule has 418 valence electrons. The summed E-state index contributed by atoms with van der Waals surface area (Å²) < 4.78 is 29.5. The minimum Gasteiger partial charge on any atom is -0.493 e. The van der Waals surface area contributed by atoms with Crippen LogP contribution >= 0.6 is 0 Å². The SMILES string of the molecule is CCCCCCCCC1(CCCCCCCC)c2cc3c(cc2-c2cc4c5cc(OC)c(OC)cc5n5c(-c6ccccc6)c(-c6ccccc6)nc5c4cc21)c1cc(OC)c(OC)cc1n1c(-c2ccccc2)c(-c2ccccc2)nc31. The van der Waals surface area contributed by atoms with Crippen molar-refractivity contribution in [1.82, 2.24) is 18.8 Å². The van der Waals surface area contributed by atoms with Gasteiger partial charge in [-0.05, 0) is 82.3 Å². The second kappa shape index (κ2) is 23.0. The summed E-state index contributed by atoms with van der Waals surface area (Å²) in [5.74, 6) is 2.70. The number of nitrogens with zero attached hydrogens (tertiary/aromatic N) is 4. The lowest BCUT2D eigenvalue weighted by atomic mass is 9.70. The van der Waals surface area contributed by atoms with Crippen LogP contribution in [0.2, 0.25) is 0 Å². The number of fused-ring (bicyclic) bond motifs is 15. The van der Waals surface area contributed by atoms with E-state index in [0.717, 1.165) is 125 Å². The average molecular weight is 1100 g/mol. The van der Waals surface area contributed by atoms with Gasteiger partial charge in [-0.25, -0.2) is 9.97 Å². The number of pyridine rings is 2. The number of hydrogen-bond donors (Lipinski definition) is 0. The third-order valence-corrected chi connectivity index (χ3v) is 18.0. The maximum absolute atomic E-state index is 6.18. The smallest absolute Gasteiger partial charge is 0.162 e. The van der Waals surface area contributed by atoms with Crippen molar-refractivity contribution < 1.29 is 18.9 Å². The number of rotatable bonds is 22. The molecule has 13 rings (SSSR count). The highest BCUT2D eigenvalue weighted by molar-refractivity contribution is 6.19. The van der Waals surface area contributed by atoms with Crippen LogP contribution in [0.25, 0.3) is 111 Å². The third-order valence-electron chi connectivity index (χ3n) is 18.0. The molecule has 0 aliphatic heterocycles. The number of methoxy groups -OCH3 is 4. The van der Waals surface area contributed by atoms with Crippen molar-refractivity contribution in [3.8, 4) is 79.2 Å². The summed E-state index contributed by atoms with van der Waals surface area (Å²) >= 11 is 0. The lowest BCUT2D eigenvalue weighted by Crippen LogP contribution is -2.25. The largest absolute Gasteiger partial charge is 0.493 e. The lowest BCUT2D eigenvalue weighted by molar-refractivity contribution is 0.356. The number of benzene rings is 8. The van der Waals surface area contributed by atoms with Crippen LogP contribution in [0.15, 0.2) is 170 Å². The second-order valence-corrected chi connectivity index (χ2v) is 22.9. The fourth-order valence-electron chi connectivity index (χ4n) is 14.0. The van der Waals surface area contributed by atoms with Crippen molar-refractivity contribution in [1.29, 1.82) is 0 Å². The Bertz CT molecular complexity index is 4060. The summed E-state index contributed by atoms with van der Waals surface area (Å²) in [6.45, 7) is 4.63. The molecule has 0 fully saturated rings. The van der Waals surface area contributed by atoms with E-state index in [9.17, 15) is 0 Å². The molecule has 0 spiro atoms. The molecule has 8 heteroatoms. The van der Waals surface area contributed by atoms with Gasteiger partial charge in [-0.15, -0.1) is 0 Å². The zero-order chi connectivity index (χ0) is 56.6. The second-order valence-electron chi connectivity index (χ2n) is 22.9. The number of unbranched alkanes of at least 4 members (excludes halogenated alkanes) is 10. The van der Waals surface area contributed by atoms with E-state index in [1.165, 1.54) is 86.5 Å². The van der Waals surface area contributed by atoms with E-state index in [-0.39, 0.29) is 5.41 Å². The highest BCUT2D eigenvalue weighted by Crippen LogP contribution is 2.58. The van der Waals surface area contributed by atoms with Gasteiger partial charge in [-0.2, -0.15) is 0 Å². The van der Waals surface area contributed by atoms with Crippen LogP contribution in [0.3, 0.4) is 0 Å². The van der Waals surface area contributed by atoms with Crippen LogP contribution < -0.4 is 18.9 Å². The Labute approximate surface area is 487 Å². The zero-order valence-electron chi connectivity index (χ0n) is 49.0. The summed E-state index contributed by atoms with van der Waals surface area (Å²) in [6.07, 6.45) is 16.7. The van der Waals surface area contributed by atoms with Gasteiger partial charge in [0.05, 0.1) is 62.2 Å². The van der Waals surface area contributed by atoms with Crippen LogP contribution in [0, 0.1) is 0 Å². The lowest BCUT2D eigenvalue weighted by Gasteiger charge is -2.33. The van der Waals surface area contributed by atoms with Crippen LogP contribution in [0.1, 0.15) is 115 Å². The third kappa shape index (κ3) is 9.22. The van der Waals surface area contributed by atoms with Crippen LogP contribution in [0.4, 0.5) is 0 Å². The molecule has 4 heterocycles. The standard InChI is InChI=1S/C75H74N4O4/c1-7-9-11-13-15-29-39-75(40-30-16-14-12-10-8-2)61-43-59-53(57-45-65(80-3)67(82-5)47-63(57)78-71(51-35-25-19-26-36-51)69(76-73(59)78)49-31-21-17-22-32-49)41-55(61)56-42-54-58-46-66(81-4)68(83-6)48-64(58)79-72(52-37-27-20-28-38-52)70(50-33-23-18-24-34-50)77-74(79)60(54)44-62(56)75/h17-28,31-38,41-48H,7-16,29-30,39-40H2,1-6H3. The Morgan fingerprint density at radius 2 is 0.687 bits per heavy atom. The molecule has 8 aromatic carbocycles. The normalized spacial score (nSPS) is 12.7. The van der Waals surface area contributed by atoms with Gasteiger partial charge in [-0.1, -0.05) is 212 Å². The van der Waals surface area contributed by atoms with Crippen LogP contribution in [-0.4, -0.2) is 47.2 Å². The molecule has 83 heavy (non-hydrogen) atoms. The Kier molecular flexibility index (Phi) is 14.9. The van der Waals surface area contributed by atoms with Gasteiger partial charge in [0.2, 0.25) is 0 Å². The quantitative estimate of drug-likeness (QED) is 0.0497. The molecular weight excluding hydrogens is 1020 g/mol. The van der Waals surface area contributed by atoms with Gasteiger partial charge in [0.25, 0.3) is 0 Å². The minimum atomic E-state index is -0.316. The first-order valence-corrected chi connectivity index (χ1v) is 30.3. The first kappa shape index (κ1) is 53.7. The molecular formula is C75H74N4O4. The Balaban J connectivity index is 1.18. The van der Waals surface area contributed by atoms with Crippen molar-refractivity contribution in [3.05, 3.63) is 181 Å². The number of imidazole rings is 2.